The van der Waals surface area contributed by atoms with Crippen LogP contribution in [-0.4, -0.2) is 39.6 Å². The molecule has 4 fully saturated rings. The number of nitrogens with zero attached hydrogens (tertiary/aromatic N) is 1. The van der Waals surface area contributed by atoms with Gasteiger partial charge in [-0.25, -0.2) is 4.79 Å². The van der Waals surface area contributed by atoms with Gasteiger partial charge in [-0.2, -0.15) is 0 Å². The van der Waals surface area contributed by atoms with Gasteiger partial charge in [-0.15, -0.1) is 11.8 Å². The number of carboxylic acids is 1. The van der Waals surface area contributed by atoms with Crippen molar-refractivity contribution in [3.63, 3.8) is 0 Å². The summed E-state index contributed by atoms with van der Waals surface area (Å²) in [7, 11) is 0. The minimum Gasteiger partial charge on any atom is -0.480 e. The second-order valence-electron chi connectivity index (χ2n) is 6.18. The molecule has 5 heteroatoms. The third-order valence-electron chi connectivity index (χ3n) is 5.47. The van der Waals surface area contributed by atoms with Gasteiger partial charge in [0.15, 0.2) is 0 Å². The highest BCUT2D eigenvalue weighted by Crippen LogP contribution is 2.69. The van der Waals surface area contributed by atoms with Crippen molar-refractivity contribution < 1.29 is 14.7 Å². The second kappa shape index (κ2) is 3.65. The molecule has 0 spiro atoms. The summed E-state index contributed by atoms with van der Waals surface area (Å²) in [5.41, 5.74) is 0. The molecule has 4 nitrogen and oxygen atoms in total. The van der Waals surface area contributed by atoms with Crippen LogP contribution >= 0.6 is 11.8 Å². The summed E-state index contributed by atoms with van der Waals surface area (Å²) in [6, 6.07) is -0.582. The monoisotopic (exact) mass is 267 g/mol. The predicted molar refractivity (Wildman–Crippen MR) is 66.9 cm³/mol. The highest BCUT2D eigenvalue weighted by atomic mass is 32.2. The van der Waals surface area contributed by atoms with Gasteiger partial charge in [0.2, 0.25) is 5.91 Å². The fraction of sp³-hybridized carbons (Fsp3) is 0.846. The number of thioether (sulfide) groups is 1. The van der Waals surface area contributed by atoms with Crippen LogP contribution in [0.5, 0.6) is 0 Å². The average molecular weight is 267 g/mol. The van der Waals surface area contributed by atoms with E-state index in [0.717, 1.165) is 11.8 Å². The zero-order chi connectivity index (χ0) is 12.4. The van der Waals surface area contributed by atoms with Crippen LogP contribution in [0.2, 0.25) is 0 Å². The van der Waals surface area contributed by atoms with E-state index in [9.17, 15) is 9.59 Å². The molecule has 3 aliphatic carbocycles. The molecule has 5 unspecified atom stereocenters. The molecule has 0 aromatic carbocycles. The number of carbonyl (C=O) groups is 2. The maximum atomic E-state index is 12.5. The number of hydrogen-bond donors (Lipinski definition) is 1. The van der Waals surface area contributed by atoms with Crippen molar-refractivity contribution in [2.75, 3.05) is 11.6 Å². The maximum absolute atomic E-state index is 12.5. The fourth-order valence-electron chi connectivity index (χ4n) is 4.71. The second-order valence-corrected chi connectivity index (χ2v) is 7.18. The summed E-state index contributed by atoms with van der Waals surface area (Å²) < 4.78 is 0. The zero-order valence-electron chi connectivity index (χ0n) is 10.1. The van der Waals surface area contributed by atoms with E-state index in [2.05, 4.69) is 0 Å². The lowest BCUT2D eigenvalue weighted by Gasteiger charge is -2.22. The Bertz CT molecular complexity index is 410. The first-order chi connectivity index (χ1) is 8.68. The quantitative estimate of drug-likeness (QED) is 0.818. The molecule has 1 aliphatic heterocycles. The summed E-state index contributed by atoms with van der Waals surface area (Å²) >= 11 is 1.56. The molecule has 3 saturated carbocycles. The first-order valence-electron chi connectivity index (χ1n) is 6.79. The maximum Gasteiger partial charge on any atom is 0.327 e. The van der Waals surface area contributed by atoms with Gasteiger partial charge in [0.1, 0.15) is 6.04 Å². The van der Waals surface area contributed by atoms with Gasteiger partial charge in [-0.05, 0) is 42.9 Å². The average Bonchev–Trinajstić information content (AvgIpc) is 2.78. The molecule has 4 aliphatic rings. The number of rotatable bonds is 2. The lowest BCUT2D eigenvalue weighted by atomic mass is 10.0. The van der Waals surface area contributed by atoms with Crippen molar-refractivity contribution in [1.82, 2.24) is 4.90 Å². The third kappa shape index (κ3) is 1.34. The molecule has 1 amide bonds. The number of hydrogen-bond acceptors (Lipinski definition) is 3. The van der Waals surface area contributed by atoms with Crippen LogP contribution in [0.4, 0.5) is 0 Å². The van der Waals surface area contributed by atoms with Gasteiger partial charge in [0.05, 0.1) is 5.88 Å². The minimum atomic E-state index is -0.845. The number of carboxylic acid groups (broad SMARTS) is 1. The highest BCUT2D eigenvalue weighted by molar-refractivity contribution is 7.99. The Morgan fingerprint density at radius 3 is 2.44 bits per heavy atom. The summed E-state index contributed by atoms with van der Waals surface area (Å²) in [4.78, 5) is 25.3. The van der Waals surface area contributed by atoms with Crippen molar-refractivity contribution in [3.05, 3.63) is 0 Å². The molecule has 1 N–H and O–H groups in total. The van der Waals surface area contributed by atoms with E-state index in [1.54, 1.807) is 16.7 Å². The summed E-state index contributed by atoms with van der Waals surface area (Å²) in [5, 5.41) is 9.15. The van der Waals surface area contributed by atoms with Crippen molar-refractivity contribution in [2.45, 2.75) is 25.3 Å². The number of carbonyl (C=O) groups excluding carboxylic acids is 1. The topological polar surface area (TPSA) is 57.6 Å². The van der Waals surface area contributed by atoms with E-state index in [1.807, 2.05) is 0 Å². The lowest BCUT2D eigenvalue weighted by molar-refractivity contribution is -0.148. The van der Waals surface area contributed by atoms with Gasteiger partial charge < -0.3 is 10.0 Å². The summed E-state index contributed by atoms with van der Waals surface area (Å²) in [6.07, 6.45) is 3.93. The van der Waals surface area contributed by atoms with E-state index >= 15 is 0 Å². The molecule has 0 aromatic rings. The van der Waals surface area contributed by atoms with Crippen LogP contribution in [0.3, 0.4) is 0 Å². The molecule has 2 bridgehead atoms. The van der Waals surface area contributed by atoms with Crippen LogP contribution in [0.15, 0.2) is 0 Å². The molecule has 5 atom stereocenters. The molecular formula is C13H17NO3S. The van der Waals surface area contributed by atoms with Crippen LogP contribution < -0.4 is 0 Å². The van der Waals surface area contributed by atoms with E-state index in [4.69, 9.17) is 5.11 Å². The summed E-state index contributed by atoms with van der Waals surface area (Å²) in [6.45, 7) is 0. The van der Waals surface area contributed by atoms with E-state index < -0.39 is 12.0 Å². The molecule has 4 rings (SSSR count). The minimum absolute atomic E-state index is 0.138. The number of amides is 1. The SMILES string of the molecule is O=C(O)C1CSCN1C(=O)C1C2C3CCC(C3)C12. The van der Waals surface area contributed by atoms with Gasteiger partial charge in [-0.1, -0.05) is 0 Å². The van der Waals surface area contributed by atoms with Gasteiger partial charge in [-0.3, -0.25) is 4.79 Å². The fourth-order valence-corrected chi connectivity index (χ4v) is 5.87. The van der Waals surface area contributed by atoms with Gasteiger partial charge in [0.25, 0.3) is 0 Å². The molecule has 1 saturated heterocycles. The largest absolute Gasteiger partial charge is 0.480 e. The molecular weight excluding hydrogens is 250 g/mol. The van der Waals surface area contributed by atoms with E-state index in [1.165, 1.54) is 19.3 Å². The number of fused-ring (bicyclic) bond motifs is 5. The zero-order valence-corrected chi connectivity index (χ0v) is 10.9. The first-order valence-corrected chi connectivity index (χ1v) is 7.95. The van der Waals surface area contributed by atoms with E-state index in [0.29, 0.717) is 23.5 Å². The molecule has 0 radical (unpaired) electrons. The van der Waals surface area contributed by atoms with Crippen LogP contribution in [0.1, 0.15) is 19.3 Å². The van der Waals surface area contributed by atoms with Crippen LogP contribution in [0.25, 0.3) is 0 Å². The van der Waals surface area contributed by atoms with Gasteiger partial charge >= 0.3 is 5.97 Å². The highest BCUT2D eigenvalue weighted by Gasteiger charge is 2.68. The van der Waals surface area contributed by atoms with Crippen molar-refractivity contribution in [2.24, 2.45) is 29.6 Å². The Morgan fingerprint density at radius 1 is 1.17 bits per heavy atom. The van der Waals surface area contributed by atoms with Crippen LogP contribution in [0, 0.1) is 29.6 Å². The smallest absolute Gasteiger partial charge is 0.327 e. The third-order valence-corrected chi connectivity index (χ3v) is 6.48. The molecule has 18 heavy (non-hydrogen) atoms. The van der Waals surface area contributed by atoms with Crippen molar-refractivity contribution in [3.8, 4) is 0 Å². The molecule has 1 heterocycles. The Kier molecular flexibility index (Phi) is 2.26. The molecule has 0 aromatic heterocycles. The Hall–Kier alpha value is -0.710. The lowest BCUT2D eigenvalue weighted by Crippen LogP contribution is -2.43. The predicted octanol–water partition coefficient (Wildman–Crippen LogP) is 1.26. The summed E-state index contributed by atoms with van der Waals surface area (Å²) in [5.74, 6) is 3.35. The van der Waals surface area contributed by atoms with Crippen molar-refractivity contribution >= 4 is 23.6 Å². The Labute approximate surface area is 110 Å². The number of aliphatic carboxylic acids is 1. The van der Waals surface area contributed by atoms with Crippen molar-refractivity contribution in [1.29, 1.82) is 0 Å². The first kappa shape index (κ1) is 11.1. The Morgan fingerprint density at radius 2 is 1.83 bits per heavy atom. The molecule has 98 valence electrons. The van der Waals surface area contributed by atoms with Crippen LogP contribution in [-0.2, 0) is 9.59 Å². The Balaban J connectivity index is 1.50. The normalized spacial score (nSPS) is 48.3. The van der Waals surface area contributed by atoms with E-state index in [-0.39, 0.29) is 11.8 Å². The van der Waals surface area contributed by atoms with Gasteiger partial charge in [0, 0.05) is 11.7 Å². The standard InChI is InChI=1S/C13H17NO3S/c15-12(14-5-18-4-8(14)13(16)17)11-9-6-1-2-7(3-6)10(9)11/h6-11H,1-5H2,(H,16,17).